The van der Waals surface area contributed by atoms with E-state index in [1.54, 1.807) is 0 Å². The fourth-order valence-corrected chi connectivity index (χ4v) is 14.9. The first kappa shape index (κ1) is 98.2. The van der Waals surface area contributed by atoms with Crippen molar-refractivity contribution in [1.82, 2.24) is 0 Å². The molecule has 3 N–H and O–H groups in total. The number of hydrogen-bond donors (Lipinski definition) is 2. The molecule has 0 aliphatic rings. The summed E-state index contributed by atoms with van der Waals surface area (Å²) in [4.78, 5) is 35.5. The number of hydrogen-bond acceptors (Lipinski definition) is 8. The second kappa shape index (κ2) is 86.2. The maximum absolute atomic E-state index is 12.8. The lowest BCUT2D eigenvalue weighted by molar-refractivity contribution is -0.161. The number of esters is 2. The molecule has 0 saturated carbocycles. The summed E-state index contributed by atoms with van der Waals surface area (Å²) in [6, 6.07) is 0. The summed E-state index contributed by atoms with van der Waals surface area (Å²) < 4.78 is 33.4. The summed E-state index contributed by atoms with van der Waals surface area (Å²) in [6.07, 6.45) is 112. The van der Waals surface area contributed by atoms with Gasteiger partial charge in [0.2, 0.25) is 0 Å². The summed E-state index contributed by atoms with van der Waals surface area (Å²) in [7, 11) is -4.40. The number of carbonyl (C=O) groups excluding carboxylic acids is 2. The fourth-order valence-electron chi connectivity index (χ4n) is 14.1. The van der Waals surface area contributed by atoms with Crippen molar-refractivity contribution in [2.45, 2.75) is 502 Å². The quantitative estimate of drug-likeness (QED) is 0.0264. The molecule has 0 saturated heterocycles. The van der Waals surface area contributed by atoms with E-state index >= 15 is 0 Å². The third-order valence-corrected chi connectivity index (χ3v) is 21.8. The molecule has 0 radical (unpaired) electrons. The van der Waals surface area contributed by atoms with Crippen molar-refractivity contribution in [3.8, 4) is 0 Å². The van der Waals surface area contributed by atoms with Crippen LogP contribution in [0.1, 0.15) is 495 Å². The van der Waals surface area contributed by atoms with Gasteiger partial charge in [-0.1, -0.05) is 468 Å². The Kier molecular flexibility index (Phi) is 84.6. The third kappa shape index (κ3) is 85.2. The van der Waals surface area contributed by atoms with E-state index in [0.717, 1.165) is 44.9 Å². The number of rotatable bonds is 87. The standard InChI is InChI=1S/C90H174NO8P/c1-3-5-7-9-11-13-15-17-19-21-23-25-27-29-31-33-35-37-39-41-43-44-45-47-49-51-53-55-57-59-61-63-65-67-69-71-73-75-77-79-81-83-90(93)99-88(87-98-100(94,95)97-85-84-91)86-96-89(92)82-80-78-76-74-72-70-68-66-64-62-60-58-56-54-52-50-48-46-42-40-38-36-34-32-30-28-26-24-22-20-18-16-14-12-10-8-6-4-2/h15,17,21,23,27,29,88H,3-14,16,18-20,22,24-26,28,30-87,91H2,1-2H3,(H,94,95)/b17-15-,23-21-,29-27-. The summed E-state index contributed by atoms with van der Waals surface area (Å²) in [5.41, 5.74) is 5.43. The Morgan fingerprint density at radius 3 is 0.770 bits per heavy atom. The van der Waals surface area contributed by atoms with Crippen molar-refractivity contribution >= 4 is 19.8 Å². The van der Waals surface area contributed by atoms with E-state index in [-0.39, 0.29) is 38.6 Å². The number of carbonyl (C=O) groups is 2. The van der Waals surface area contributed by atoms with Crippen molar-refractivity contribution in [2.24, 2.45) is 5.73 Å². The lowest BCUT2D eigenvalue weighted by atomic mass is 10.0. The molecule has 100 heavy (non-hydrogen) atoms. The second-order valence-corrected chi connectivity index (χ2v) is 32.3. The number of allylic oxidation sites excluding steroid dienone is 6. The molecule has 2 atom stereocenters. The van der Waals surface area contributed by atoms with Gasteiger partial charge >= 0.3 is 19.8 Å². The van der Waals surface area contributed by atoms with Gasteiger partial charge in [-0.15, -0.1) is 0 Å². The SMILES string of the molecule is CCCCCCC/C=C\C/C=C\C/C=C\CCCCCCCCCCCCCCCCCCCCCCCCCCCCC(=O)OC(COC(=O)CCCCCCCCCCCCCCCCCCCCCCCCCCCCCCCCCCCCCCCC)COP(=O)(O)OCCN. The molecule has 0 spiro atoms. The van der Waals surface area contributed by atoms with E-state index in [9.17, 15) is 19.0 Å². The smallest absolute Gasteiger partial charge is 0.462 e. The lowest BCUT2D eigenvalue weighted by Gasteiger charge is -2.19. The Morgan fingerprint density at radius 2 is 0.520 bits per heavy atom. The highest BCUT2D eigenvalue weighted by molar-refractivity contribution is 7.47. The molecular weight excluding hydrogens is 1250 g/mol. The molecule has 0 aromatic rings. The molecule has 592 valence electrons. The summed E-state index contributed by atoms with van der Waals surface area (Å²) >= 11 is 0. The number of phosphoric acid groups is 1. The van der Waals surface area contributed by atoms with Crippen molar-refractivity contribution in [3.05, 3.63) is 36.5 Å². The maximum atomic E-state index is 12.8. The summed E-state index contributed by atoms with van der Waals surface area (Å²) in [5.74, 6) is -0.796. The van der Waals surface area contributed by atoms with Crippen LogP contribution in [0.4, 0.5) is 0 Å². The molecular formula is C90H174NO8P. The van der Waals surface area contributed by atoms with Gasteiger partial charge in [-0.05, 0) is 51.4 Å². The average molecular weight is 1430 g/mol. The van der Waals surface area contributed by atoms with Gasteiger partial charge in [0.1, 0.15) is 6.61 Å². The van der Waals surface area contributed by atoms with Crippen LogP contribution >= 0.6 is 7.82 Å². The van der Waals surface area contributed by atoms with Gasteiger partial charge in [0.05, 0.1) is 13.2 Å². The molecule has 2 unspecified atom stereocenters. The van der Waals surface area contributed by atoms with Crippen molar-refractivity contribution in [1.29, 1.82) is 0 Å². The first-order chi connectivity index (χ1) is 49.3. The Balaban J connectivity index is 3.69. The largest absolute Gasteiger partial charge is 0.472 e. The van der Waals surface area contributed by atoms with Crippen LogP contribution in [-0.4, -0.2) is 49.3 Å². The molecule has 10 heteroatoms. The van der Waals surface area contributed by atoms with Crippen molar-refractivity contribution in [3.63, 3.8) is 0 Å². The Morgan fingerprint density at radius 1 is 0.300 bits per heavy atom. The van der Waals surface area contributed by atoms with Crippen LogP contribution in [0, 0.1) is 0 Å². The zero-order valence-electron chi connectivity index (χ0n) is 67.2. The minimum absolute atomic E-state index is 0.0573. The molecule has 0 rings (SSSR count). The molecule has 0 aromatic carbocycles. The topological polar surface area (TPSA) is 134 Å². The van der Waals surface area contributed by atoms with E-state index in [0.29, 0.717) is 6.42 Å². The predicted molar refractivity (Wildman–Crippen MR) is 437 cm³/mol. The van der Waals surface area contributed by atoms with Gasteiger partial charge in [-0.3, -0.25) is 18.6 Å². The zero-order chi connectivity index (χ0) is 72.2. The summed E-state index contributed by atoms with van der Waals surface area (Å²) in [6.45, 7) is 3.83. The zero-order valence-corrected chi connectivity index (χ0v) is 68.1. The van der Waals surface area contributed by atoms with E-state index < -0.39 is 26.5 Å². The van der Waals surface area contributed by atoms with Crippen LogP contribution in [0.5, 0.6) is 0 Å². The van der Waals surface area contributed by atoms with Crippen LogP contribution in [0.25, 0.3) is 0 Å². The minimum atomic E-state index is -4.40. The fraction of sp³-hybridized carbons (Fsp3) is 0.911. The van der Waals surface area contributed by atoms with Crippen LogP contribution in [0.15, 0.2) is 36.5 Å². The molecule has 0 aliphatic heterocycles. The van der Waals surface area contributed by atoms with E-state index in [1.165, 1.54) is 417 Å². The van der Waals surface area contributed by atoms with Crippen LogP contribution in [0.2, 0.25) is 0 Å². The first-order valence-corrected chi connectivity index (χ1v) is 46.5. The van der Waals surface area contributed by atoms with E-state index in [4.69, 9.17) is 24.3 Å². The van der Waals surface area contributed by atoms with Gasteiger partial charge in [-0.2, -0.15) is 0 Å². The van der Waals surface area contributed by atoms with E-state index in [1.807, 2.05) is 0 Å². The average Bonchev–Trinajstić information content (AvgIpc) is 0.983. The van der Waals surface area contributed by atoms with Crippen LogP contribution in [0.3, 0.4) is 0 Å². The third-order valence-electron chi connectivity index (χ3n) is 20.8. The second-order valence-electron chi connectivity index (χ2n) is 30.8. The molecule has 9 nitrogen and oxygen atoms in total. The van der Waals surface area contributed by atoms with Gasteiger partial charge in [-0.25, -0.2) is 4.57 Å². The molecule has 0 aromatic heterocycles. The predicted octanol–water partition coefficient (Wildman–Crippen LogP) is 30.5. The molecule has 0 bridgehead atoms. The molecule has 0 fully saturated rings. The highest BCUT2D eigenvalue weighted by atomic mass is 31.2. The highest BCUT2D eigenvalue weighted by Crippen LogP contribution is 2.43. The maximum Gasteiger partial charge on any atom is 0.472 e. The molecule has 0 heterocycles. The Labute approximate surface area is 624 Å². The van der Waals surface area contributed by atoms with E-state index in [2.05, 4.69) is 50.3 Å². The Bertz CT molecular complexity index is 1740. The van der Waals surface area contributed by atoms with Crippen molar-refractivity contribution in [2.75, 3.05) is 26.4 Å². The number of ether oxygens (including phenoxy) is 2. The van der Waals surface area contributed by atoms with Gasteiger partial charge < -0.3 is 20.1 Å². The van der Waals surface area contributed by atoms with Crippen molar-refractivity contribution < 1.29 is 37.6 Å². The highest BCUT2D eigenvalue weighted by Gasteiger charge is 2.26. The Hall–Kier alpha value is -1.77. The first-order valence-electron chi connectivity index (χ1n) is 45.0. The van der Waals surface area contributed by atoms with Crippen LogP contribution in [-0.2, 0) is 32.7 Å². The van der Waals surface area contributed by atoms with Gasteiger partial charge in [0, 0.05) is 19.4 Å². The number of nitrogens with two attached hydrogens (primary N) is 1. The monoisotopic (exact) mass is 1430 g/mol. The van der Waals surface area contributed by atoms with Gasteiger partial charge in [0.15, 0.2) is 6.10 Å². The number of unbranched alkanes of at least 4 members (excludes halogenated alkanes) is 68. The number of phosphoric ester groups is 1. The van der Waals surface area contributed by atoms with Crippen LogP contribution < -0.4 is 5.73 Å². The minimum Gasteiger partial charge on any atom is -0.462 e. The normalized spacial score (nSPS) is 12.9. The van der Waals surface area contributed by atoms with Gasteiger partial charge in [0.25, 0.3) is 0 Å². The lowest BCUT2D eigenvalue weighted by Crippen LogP contribution is -2.29. The molecule has 0 aliphatic carbocycles. The summed E-state index contributed by atoms with van der Waals surface area (Å²) in [5, 5.41) is 0. The molecule has 0 amide bonds.